The molecule has 0 radical (unpaired) electrons. The molecule has 0 fully saturated rings. The number of sulfonamides is 1. The molecule has 1 N–H and O–H groups in total. The Morgan fingerprint density at radius 2 is 1.90 bits per heavy atom. The number of nitrogens with one attached hydrogen (secondary N) is 1. The number of benzene rings is 2. The molecule has 2 aromatic carbocycles. The van der Waals surface area contributed by atoms with E-state index in [-0.39, 0.29) is 21.9 Å². The van der Waals surface area contributed by atoms with Gasteiger partial charge in [0.2, 0.25) is 0 Å². The zero-order valence-corrected chi connectivity index (χ0v) is 16.8. The minimum absolute atomic E-state index is 0.0814. The average molecular weight is 427 g/mol. The standard InChI is InChI=1S/C21H18FN3O4S/c1-2-12-25-20-19(8-5-11-23-20)29-18-10-9-14(13-15(18)21(25)26)30(27,28)24-17-7-4-3-6-16(17)22/h3-11,13,24H,2,12H2,1H3. The molecule has 0 saturated heterocycles. The minimum atomic E-state index is -4.13. The molecule has 0 saturated carbocycles. The van der Waals surface area contributed by atoms with Crippen LogP contribution >= 0.6 is 0 Å². The highest BCUT2D eigenvalue weighted by atomic mass is 32.2. The van der Waals surface area contributed by atoms with Crippen LogP contribution in [0.5, 0.6) is 11.5 Å². The van der Waals surface area contributed by atoms with E-state index in [1.54, 1.807) is 18.3 Å². The Morgan fingerprint density at radius 1 is 1.10 bits per heavy atom. The molecule has 154 valence electrons. The number of ether oxygens (including phenoxy) is 1. The van der Waals surface area contributed by atoms with E-state index in [0.29, 0.717) is 24.5 Å². The third-order valence-electron chi connectivity index (χ3n) is 4.53. The topological polar surface area (TPSA) is 88.6 Å². The summed E-state index contributed by atoms with van der Waals surface area (Å²) < 4.78 is 47.6. The first-order valence-electron chi connectivity index (χ1n) is 9.27. The molecule has 2 heterocycles. The third-order valence-corrected chi connectivity index (χ3v) is 5.89. The summed E-state index contributed by atoms with van der Waals surface area (Å²) in [5, 5.41) is 0. The normalized spacial score (nSPS) is 13.1. The molecule has 0 aliphatic carbocycles. The second-order valence-corrected chi connectivity index (χ2v) is 8.31. The first-order chi connectivity index (χ1) is 14.4. The van der Waals surface area contributed by atoms with Gasteiger partial charge in [0.05, 0.1) is 16.1 Å². The van der Waals surface area contributed by atoms with E-state index in [1.165, 1.54) is 41.3 Å². The van der Waals surface area contributed by atoms with E-state index in [1.807, 2.05) is 6.92 Å². The molecule has 1 aliphatic rings. The number of hydrogen-bond acceptors (Lipinski definition) is 5. The number of hydrogen-bond donors (Lipinski definition) is 1. The molecular weight excluding hydrogens is 409 g/mol. The summed E-state index contributed by atoms with van der Waals surface area (Å²) in [5.41, 5.74) is -0.0999. The van der Waals surface area contributed by atoms with Crippen LogP contribution in [0.1, 0.15) is 23.7 Å². The van der Waals surface area contributed by atoms with Crippen molar-refractivity contribution in [3.05, 3.63) is 72.2 Å². The lowest BCUT2D eigenvalue weighted by atomic mass is 10.1. The van der Waals surface area contributed by atoms with Gasteiger partial charge in [0, 0.05) is 12.7 Å². The van der Waals surface area contributed by atoms with Gasteiger partial charge in [0.25, 0.3) is 15.9 Å². The molecule has 9 heteroatoms. The van der Waals surface area contributed by atoms with Crippen molar-refractivity contribution >= 4 is 27.4 Å². The maximum atomic E-state index is 13.9. The summed E-state index contributed by atoms with van der Waals surface area (Å²) >= 11 is 0. The number of aromatic nitrogens is 1. The van der Waals surface area contributed by atoms with Gasteiger partial charge in [0.1, 0.15) is 11.6 Å². The van der Waals surface area contributed by atoms with Crippen molar-refractivity contribution in [3.8, 4) is 11.5 Å². The van der Waals surface area contributed by atoms with E-state index in [9.17, 15) is 17.6 Å². The van der Waals surface area contributed by atoms with Gasteiger partial charge in [-0.15, -0.1) is 0 Å². The molecule has 7 nitrogen and oxygen atoms in total. The van der Waals surface area contributed by atoms with Crippen molar-refractivity contribution < 1.29 is 22.3 Å². The number of amides is 1. The minimum Gasteiger partial charge on any atom is -0.453 e. The highest BCUT2D eigenvalue weighted by molar-refractivity contribution is 7.92. The zero-order valence-electron chi connectivity index (χ0n) is 16.0. The Bertz CT molecular complexity index is 1230. The lowest BCUT2D eigenvalue weighted by molar-refractivity contribution is 0.0986. The molecule has 3 aromatic rings. The van der Waals surface area contributed by atoms with E-state index in [0.717, 1.165) is 6.07 Å². The smallest absolute Gasteiger partial charge is 0.263 e. The zero-order chi connectivity index (χ0) is 21.3. The summed E-state index contributed by atoms with van der Waals surface area (Å²) in [5.74, 6) is -0.136. The molecule has 1 aromatic heterocycles. The second-order valence-electron chi connectivity index (χ2n) is 6.63. The summed E-state index contributed by atoms with van der Waals surface area (Å²) in [6, 6.07) is 12.8. The first-order valence-corrected chi connectivity index (χ1v) is 10.7. The van der Waals surface area contributed by atoms with Crippen molar-refractivity contribution in [1.82, 2.24) is 4.98 Å². The molecule has 1 aliphatic heterocycles. The average Bonchev–Trinajstić information content (AvgIpc) is 2.84. The van der Waals surface area contributed by atoms with Gasteiger partial charge < -0.3 is 4.74 Å². The summed E-state index contributed by atoms with van der Waals surface area (Å²) in [7, 11) is -4.13. The fraction of sp³-hybridized carbons (Fsp3) is 0.143. The van der Waals surface area contributed by atoms with Crippen LogP contribution in [-0.2, 0) is 10.0 Å². The lowest BCUT2D eigenvalue weighted by Gasteiger charge is -2.20. The molecule has 1 amide bonds. The van der Waals surface area contributed by atoms with Gasteiger partial charge in [-0.2, -0.15) is 0 Å². The van der Waals surface area contributed by atoms with Crippen LogP contribution in [0.25, 0.3) is 0 Å². The predicted octanol–water partition coefficient (Wildman–Crippen LogP) is 4.18. The molecule has 0 atom stereocenters. The SMILES string of the molecule is CCCN1C(=O)c2cc(S(=O)(=O)Nc3ccccc3F)ccc2Oc2cccnc21. The van der Waals surface area contributed by atoms with Crippen molar-refractivity contribution in [2.24, 2.45) is 0 Å². The monoisotopic (exact) mass is 427 g/mol. The second kappa shape index (κ2) is 7.75. The fourth-order valence-corrected chi connectivity index (χ4v) is 4.23. The Balaban J connectivity index is 1.77. The van der Waals surface area contributed by atoms with Crippen LogP contribution in [0.2, 0.25) is 0 Å². The predicted molar refractivity (Wildman–Crippen MR) is 110 cm³/mol. The number of carbonyl (C=O) groups excluding carboxylic acids is 1. The number of para-hydroxylation sites is 1. The first kappa shape index (κ1) is 19.8. The van der Waals surface area contributed by atoms with Gasteiger partial charge >= 0.3 is 0 Å². The van der Waals surface area contributed by atoms with Crippen LogP contribution in [-0.4, -0.2) is 25.9 Å². The fourth-order valence-electron chi connectivity index (χ4n) is 3.14. The van der Waals surface area contributed by atoms with Crippen LogP contribution in [0.3, 0.4) is 0 Å². The van der Waals surface area contributed by atoms with Crippen LogP contribution in [0.4, 0.5) is 15.9 Å². The molecule has 0 bridgehead atoms. The largest absolute Gasteiger partial charge is 0.453 e. The Labute approximate surface area is 173 Å². The van der Waals surface area contributed by atoms with Crippen molar-refractivity contribution in [1.29, 1.82) is 0 Å². The Kier molecular flexibility index (Phi) is 5.13. The van der Waals surface area contributed by atoms with E-state index in [2.05, 4.69) is 9.71 Å². The quantitative estimate of drug-likeness (QED) is 0.660. The van der Waals surface area contributed by atoms with Crippen molar-refractivity contribution in [2.45, 2.75) is 18.2 Å². The van der Waals surface area contributed by atoms with Crippen LogP contribution in [0.15, 0.2) is 65.7 Å². The van der Waals surface area contributed by atoms with Crippen molar-refractivity contribution in [3.63, 3.8) is 0 Å². The van der Waals surface area contributed by atoms with E-state index in [4.69, 9.17) is 4.74 Å². The molecule has 4 rings (SSSR count). The number of anilines is 2. The van der Waals surface area contributed by atoms with Gasteiger partial charge in [0.15, 0.2) is 11.6 Å². The Morgan fingerprint density at radius 3 is 2.67 bits per heavy atom. The number of halogens is 1. The van der Waals surface area contributed by atoms with E-state index >= 15 is 0 Å². The molecule has 0 unspecified atom stereocenters. The molecule has 30 heavy (non-hydrogen) atoms. The number of nitrogens with zero attached hydrogens (tertiary/aromatic N) is 2. The van der Waals surface area contributed by atoms with Crippen molar-refractivity contribution in [2.75, 3.05) is 16.2 Å². The number of carbonyl (C=O) groups is 1. The van der Waals surface area contributed by atoms with Gasteiger partial charge in [-0.25, -0.2) is 17.8 Å². The molecular formula is C21H18FN3O4S. The maximum Gasteiger partial charge on any atom is 0.263 e. The summed E-state index contributed by atoms with van der Waals surface area (Å²) in [6.45, 7) is 2.30. The Hall–Kier alpha value is -3.46. The van der Waals surface area contributed by atoms with Gasteiger partial charge in [-0.1, -0.05) is 19.1 Å². The summed E-state index contributed by atoms with van der Waals surface area (Å²) in [4.78, 5) is 18.7. The summed E-state index contributed by atoms with van der Waals surface area (Å²) in [6.07, 6.45) is 2.23. The van der Waals surface area contributed by atoms with Crippen LogP contribution in [0, 0.1) is 5.82 Å². The number of pyridine rings is 1. The maximum absolute atomic E-state index is 13.9. The lowest BCUT2D eigenvalue weighted by Crippen LogP contribution is -2.31. The highest BCUT2D eigenvalue weighted by Crippen LogP contribution is 2.38. The molecule has 0 spiro atoms. The van der Waals surface area contributed by atoms with Gasteiger partial charge in [-0.3, -0.25) is 14.4 Å². The van der Waals surface area contributed by atoms with E-state index < -0.39 is 21.7 Å². The number of fused-ring (bicyclic) bond motifs is 2. The van der Waals surface area contributed by atoms with Crippen LogP contribution < -0.4 is 14.4 Å². The number of rotatable bonds is 5. The highest BCUT2D eigenvalue weighted by Gasteiger charge is 2.30. The third kappa shape index (κ3) is 3.59. The van der Waals surface area contributed by atoms with Gasteiger partial charge in [-0.05, 0) is 48.9 Å².